The SMILES string of the molecule is COc1ccc(NC(=O)[C@H](C)Sc2nnc(Cc3csc(C)n3)o2)cc1. The van der Waals surface area contributed by atoms with Crippen molar-refractivity contribution in [2.24, 2.45) is 0 Å². The van der Waals surface area contributed by atoms with Gasteiger partial charge in [0.1, 0.15) is 5.75 Å². The molecule has 0 aliphatic heterocycles. The van der Waals surface area contributed by atoms with Gasteiger partial charge in [-0.25, -0.2) is 4.98 Å². The van der Waals surface area contributed by atoms with Gasteiger partial charge in [-0.1, -0.05) is 11.8 Å². The molecule has 26 heavy (non-hydrogen) atoms. The molecule has 2 heterocycles. The maximum Gasteiger partial charge on any atom is 0.277 e. The second-order valence-electron chi connectivity index (χ2n) is 5.47. The number of rotatable bonds is 7. The summed E-state index contributed by atoms with van der Waals surface area (Å²) >= 11 is 2.80. The number of hydrogen-bond acceptors (Lipinski definition) is 8. The number of methoxy groups -OCH3 is 1. The molecule has 136 valence electrons. The molecule has 0 unspecified atom stereocenters. The Morgan fingerprint density at radius 3 is 2.77 bits per heavy atom. The summed E-state index contributed by atoms with van der Waals surface area (Å²) in [6.45, 7) is 3.74. The first kappa shape index (κ1) is 18.4. The van der Waals surface area contributed by atoms with E-state index in [1.54, 1.807) is 49.6 Å². The van der Waals surface area contributed by atoms with Crippen LogP contribution in [-0.4, -0.2) is 33.4 Å². The summed E-state index contributed by atoms with van der Waals surface area (Å²) < 4.78 is 10.7. The molecule has 0 saturated heterocycles. The normalized spacial score (nSPS) is 12.0. The Hall–Kier alpha value is -2.39. The van der Waals surface area contributed by atoms with E-state index in [2.05, 4.69) is 20.5 Å². The average molecular weight is 390 g/mol. The number of hydrogen-bond donors (Lipinski definition) is 1. The van der Waals surface area contributed by atoms with E-state index in [4.69, 9.17) is 9.15 Å². The number of aromatic nitrogens is 3. The van der Waals surface area contributed by atoms with E-state index in [0.717, 1.165) is 16.5 Å². The van der Waals surface area contributed by atoms with Crippen LogP contribution in [-0.2, 0) is 11.2 Å². The number of ether oxygens (including phenoxy) is 1. The molecule has 3 rings (SSSR count). The van der Waals surface area contributed by atoms with Gasteiger partial charge in [-0.05, 0) is 38.1 Å². The molecule has 1 atom stereocenters. The third-order valence-electron chi connectivity index (χ3n) is 3.45. The summed E-state index contributed by atoms with van der Waals surface area (Å²) in [4.78, 5) is 16.7. The lowest BCUT2D eigenvalue weighted by atomic mass is 10.3. The minimum absolute atomic E-state index is 0.143. The molecular formula is C17H18N4O3S2. The standard InChI is InChI=1S/C17H18N4O3S2/c1-10(16(22)19-12-4-6-14(23-3)7-5-12)26-17-21-20-15(24-17)8-13-9-25-11(2)18-13/h4-7,9-10H,8H2,1-3H3,(H,19,22)/t10-/m0/s1. The first-order valence-electron chi connectivity index (χ1n) is 7.88. The van der Waals surface area contributed by atoms with Crippen molar-refractivity contribution in [1.82, 2.24) is 15.2 Å². The molecule has 7 nitrogen and oxygen atoms in total. The molecule has 0 aliphatic carbocycles. The van der Waals surface area contributed by atoms with Gasteiger partial charge in [0.25, 0.3) is 5.22 Å². The van der Waals surface area contributed by atoms with Crippen LogP contribution in [0.3, 0.4) is 0 Å². The van der Waals surface area contributed by atoms with Crippen molar-refractivity contribution >= 4 is 34.7 Å². The van der Waals surface area contributed by atoms with Gasteiger partial charge in [-0.15, -0.1) is 21.5 Å². The van der Waals surface area contributed by atoms with Crippen molar-refractivity contribution < 1.29 is 13.9 Å². The Morgan fingerprint density at radius 2 is 2.12 bits per heavy atom. The van der Waals surface area contributed by atoms with Gasteiger partial charge in [0.05, 0.1) is 29.5 Å². The summed E-state index contributed by atoms with van der Waals surface area (Å²) in [5, 5.41) is 13.8. The smallest absolute Gasteiger partial charge is 0.277 e. The predicted octanol–water partition coefficient (Wildman–Crippen LogP) is 3.55. The Labute approximate surface area is 159 Å². The number of nitrogens with one attached hydrogen (secondary N) is 1. The summed E-state index contributed by atoms with van der Waals surface area (Å²) in [5.74, 6) is 1.08. The Kier molecular flexibility index (Phi) is 5.89. The topological polar surface area (TPSA) is 90.1 Å². The van der Waals surface area contributed by atoms with Gasteiger partial charge < -0.3 is 14.5 Å². The number of thioether (sulfide) groups is 1. The Balaban J connectivity index is 1.55. The molecule has 1 amide bonds. The molecule has 9 heteroatoms. The van der Waals surface area contributed by atoms with E-state index < -0.39 is 0 Å². The highest BCUT2D eigenvalue weighted by Gasteiger charge is 2.19. The van der Waals surface area contributed by atoms with Gasteiger partial charge >= 0.3 is 0 Å². The quantitative estimate of drug-likeness (QED) is 0.617. The van der Waals surface area contributed by atoms with Crippen molar-refractivity contribution in [2.75, 3.05) is 12.4 Å². The monoisotopic (exact) mass is 390 g/mol. The Morgan fingerprint density at radius 1 is 1.35 bits per heavy atom. The van der Waals surface area contributed by atoms with Crippen LogP contribution in [0.2, 0.25) is 0 Å². The molecule has 0 spiro atoms. The fourth-order valence-corrected chi connectivity index (χ4v) is 3.44. The molecule has 0 bridgehead atoms. The third-order valence-corrected chi connectivity index (χ3v) is 5.21. The van der Waals surface area contributed by atoms with Gasteiger partial charge in [0, 0.05) is 11.1 Å². The van der Waals surface area contributed by atoms with Crippen molar-refractivity contribution in [3.05, 3.63) is 46.2 Å². The van der Waals surface area contributed by atoms with Crippen molar-refractivity contribution in [2.45, 2.75) is 30.7 Å². The summed E-state index contributed by atoms with van der Waals surface area (Å²) in [6, 6.07) is 7.15. The van der Waals surface area contributed by atoms with Crippen LogP contribution < -0.4 is 10.1 Å². The van der Waals surface area contributed by atoms with Crippen LogP contribution in [0.25, 0.3) is 0 Å². The number of thiazole rings is 1. The van der Waals surface area contributed by atoms with E-state index in [1.165, 1.54) is 11.8 Å². The van der Waals surface area contributed by atoms with Gasteiger partial charge in [0.15, 0.2) is 0 Å². The molecular weight excluding hydrogens is 372 g/mol. The van der Waals surface area contributed by atoms with E-state index in [1.807, 2.05) is 12.3 Å². The summed E-state index contributed by atoms with van der Waals surface area (Å²) in [6.07, 6.45) is 0.490. The number of aryl methyl sites for hydroxylation is 1. The number of anilines is 1. The maximum atomic E-state index is 12.3. The molecule has 0 saturated carbocycles. The van der Waals surface area contributed by atoms with Crippen LogP contribution in [0.5, 0.6) is 5.75 Å². The number of nitrogens with zero attached hydrogens (tertiary/aromatic N) is 3. The highest BCUT2D eigenvalue weighted by atomic mass is 32.2. The highest BCUT2D eigenvalue weighted by molar-refractivity contribution is 8.00. The zero-order valence-corrected chi connectivity index (χ0v) is 16.2. The minimum Gasteiger partial charge on any atom is -0.497 e. The van der Waals surface area contributed by atoms with Crippen LogP contribution in [0.4, 0.5) is 5.69 Å². The second-order valence-corrected chi connectivity index (χ2v) is 7.83. The molecule has 0 aliphatic rings. The first-order valence-corrected chi connectivity index (χ1v) is 9.64. The molecule has 0 fully saturated rings. The van der Waals surface area contributed by atoms with E-state index >= 15 is 0 Å². The highest BCUT2D eigenvalue weighted by Crippen LogP contribution is 2.24. The van der Waals surface area contributed by atoms with Gasteiger partial charge in [-0.2, -0.15) is 0 Å². The van der Waals surface area contributed by atoms with E-state index in [0.29, 0.717) is 23.2 Å². The summed E-state index contributed by atoms with van der Waals surface area (Å²) in [7, 11) is 1.60. The van der Waals surface area contributed by atoms with Crippen LogP contribution in [0.1, 0.15) is 23.5 Å². The lowest BCUT2D eigenvalue weighted by Gasteiger charge is -2.10. The van der Waals surface area contributed by atoms with Crippen LogP contribution in [0, 0.1) is 6.92 Å². The molecule has 1 N–H and O–H groups in total. The largest absolute Gasteiger partial charge is 0.497 e. The number of carbonyl (C=O) groups is 1. The average Bonchev–Trinajstić information content (AvgIpc) is 3.24. The molecule has 0 radical (unpaired) electrons. The second kappa shape index (κ2) is 8.33. The molecule has 3 aromatic rings. The molecule has 1 aromatic carbocycles. The van der Waals surface area contributed by atoms with Crippen LogP contribution >= 0.6 is 23.1 Å². The maximum absolute atomic E-state index is 12.3. The lowest BCUT2D eigenvalue weighted by molar-refractivity contribution is -0.115. The number of carbonyl (C=O) groups excluding carboxylic acids is 1. The van der Waals surface area contributed by atoms with Crippen molar-refractivity contribution in [3.8, 4) is 5.75 Å². The van der Waals surface area contributed by atoms with Crippen molar-refractivity contribution in [1.29, 1.82) is 0 Å². The minimum atomic E-state index is -0.382. The van der Waals surface area contributed by atoms with Crippen molar-refractivity contribution in [3.63, 3.8) is 0 Å². The van der Waals surface area contributed by atoms with Gasteiger partial charge in [0.2, 0.25) is 11.8 Å². The van der Waals surface area contributed by atoms with E-state index in [-0.39, 0.29) is 11.2 Å². The third kappa shape index (κ3) is 4.83. The fraction of sp³-hybridized carbons (Fsp3) is 0.294. The first-order chi connectivity index (χ1) is 12.5. The summed E-state index contributed by atoms with van der Waals surface area (Å²) in [5.41, 5.74) is 1.60. The van der Waals surface area contributed by atoms with Crippen LogP contribution in [0.15, 0.2) is 39.3 Å². The fourth-order valence-electron chi connectivity index (χ4n) is 2.12. The number of amides is 1. The molecule has 2 aromatic heterocycles. The Bertz CT molecular complexity index is 876. The zero-order chi connectivity index (χ0) is 18.5. The van der Waals surface area contributed by atoms with Gasteiger partial charge in [-0.3, -0.25) is 4.79 Å². The predicted molar refractivity (Wildman–Crippen MR) is 101 cm³/mol. The number of benzene rings is 1. The van der Waals surface area contributed by atoms with E-state index in [9.17, 15) is 4.79 Å². The lowest BCUT2D eigenvalue weighted by Crippen LogP contribution is -2.22. The zero-order valence-electron chi connectivity index (χ0n) is 14.6.